The van der Waals surface area contributed by atoms with Gasteiger partial charge in [0.05, 0.1) is 31.9 Å². The van der Waals surface area contributed by atoms with Gasteiger partial charge in [-0.25, -0.2) is 18.4 Å². The van der Waals surface area contributed by atoms with Gasteiger partial charge in [0, 0.05) is 31.9 Å². The summed E-state index contributed by atoms with van der Waals surface area (Å²) >= 11 is 7.18. The smallest absolute Gasteiger partial charge is 0.334 e. The van der Waals surface area contributed by atoms with Gasteiger partial charge in [-0.05, 0) is 55.6 Å². The van der Waals surface area contributed by atoms with Gasteiger partial charge in [0.15, 0.2) is 9.84 Å². The number of fused-ring (bicyclic) bond motifs is 2. The lowest BCUT2D eigenvalue weighted by molar-refractivity contribution is -0.137. The number of benzene rings is 1. The third kappa shape index (κ3) is 5.01. The monoisotopic (exact) mass is 597 g/mol. The van der Waals surface area contributed by atoms with Crippen LogP contribution in [0.15, 0.2) is 29.3 Å². The van der Waals surface area contributed by atoms with Crippen molar-refractivity contribution in [3.05, 3.63) is 51.0 Å². The number of hydrogen-bond donors (Lipinski definition) is 1. The number of hydrogen-bond acceptors (Lipinski definition) is 8. The Kier molecular flexibility index (Phi) is 6.40. The van der Waals surface area contributed by atoms with Crippen molar-refractivity contribution in [2.75, 3.05) is 31.2 Å². The molecule has 1 saturated carbocycles. The summed E-state index contributed by atoms with van der Waals surface area (Å²) in [6.45, 7) is 1.66. The number of alkyl halides is 3. The van der Waals surface area contributed by atoms with E-state index in [0.29, 0.717) is 28.2 Å². The van der Waals surface area contributed by atoms with Crippen LogP contribution < -0.4 is 5.32 Å². The van der Waals surface area contributed by atoms with Crippen molar-refractivity contribution in [3.63, 3.8) is 0 Å². The molecule has 3 aromatic rings. The Morgan fingerprint density at radius 1 is 1.15 bits per heavy atom. The second-order valence-electron chi connectivity index (χ2n) is 10.0. The lowest BCUT2D eigenvalue weighted by Crippen LogP contribution is -2.34. The minimum atomic E-state index is -4.81. The number of carbonyl (C=O) groups excluding carboxylic acids is 1. The Hall–Kier alpha value is -2.74. The Morgan fingerprint density at radius 2 is 1.92 bits per heavy atom. The lowest BCUT2D eigenvalue weighted by atomic mass is 9.99. The summed E-state index contributed by atoms with van der Waals surface area (Å²) in [4.78, 5) is 24.5. The Morgan fingerprint density at radius 3 is 2.64 bits per heavy atom. The van der Waals surface area contributed by atoms with Crippen molar-refractivity contribution < 1.29 is 26.4 Å². The Bertz CT molecular complexity index is 1600. The number of rotatable bonds is 4. The van der Waals surface area contributed by atoms with Crippen molar-refractivity contribution >= 4 is 50.3 Å². The van der Waals surface area contributed by atoms with E-state index in [4.69, 9.17) is 11.6 Å². The van der Waals surface area contributed by atoms with Crippen molar-refractivity contribution in [1.29, 1.82) is 0 Å². The van der Waals surface area contributed by atoms with Crippen LogP contribution in [0.4, 0.5) is 24.8 Å². The molecule has 0 atom stereocenters. The summed E-state index contributed by atoms with van der Waals surface area (Å²) < 4.78 is 68.0. The average Bonchev–Trinajstić information content (AvgIpc) is 3.60. The molecule has 1 amide bonds. The number of aromatic nitrogens is 2. The summed E-state index contributed by atoms with van der Waals surface area (Å²) in [6, 6.07) is 4.76. The summed E-state index contributed by atoms with van der Waals surface area (Å²) in [6.07, 6.45) is -1.81. The minimum Gasteiger partial charge on any atom is -0.334 e. The van der Waals surface area contributed by atoms with Crippen LogP contribution in [0.2, 0.25) is 5.02 Å². The maximum Gasteiger partial charge on any atom is 0.420 e. The quantitative estimate of drug-likeness (QED) is 0.452. The maximum atomic E-state index is 14.0. The number of thiophene rings is 1. The van der Waals surface area contributed by atoms with Crippen LogP contribution in [-0.4, -0.2) is 66.0 Å². The normalized spacial score (nSPS) is 19.4. The van der Waals surface area contributed by atoms with Crippen LogP contribution in [0.25, 0.3) is 10.6 Å². The maximum absolute atomic E-state index is 14.0. The van der Waals surface area contributed by atoms with Crippen molar-refractivity contribution in [3.8, 4) is 10.6 Å². The van der Waals surface area contributed by atoms with Crippen LogP contribution >= 0.6 is 22.9 Å². The molecule has 1 fully saturated rings. The number of amides is 1. The highest BCUT2D eigenvalue weighted by molar-refractivity contribution is 7.91. The number of carbonyl (C=O) groups is 1. The highest BCUT2D eigenvalue weighted by atomic mass is 35.5. The molecule has 4 heterocycles. The first-order valence-electron chi connectivity index (χ1n) is 12.3. The predicted molar refractivity (Wildman–Crippen MR) is 141 cm³/mol. The van der Waals surface area contributed by atoms with E-state index < -0.39 is 33.2 Å². The molecule has 39 heavy (non-hydrogen) atoms. The van der Waals surface area contributed by atoms with Crippen LogP contribution in [0.3, 0.4) is 0 Å². The van der Waals surface area contributed by atoms with Crippen LogP contribution in [0.1, 0.15) is 39.2 Å². The topological polar surface area (TPSA) is 95.5 Å². The fraction of sp³-hybridized carbons (Fsp3) is 0.400. The molecule has 206 valence electrons. The van der Waals surface area contributed by atoms with E-state index >= 15 is 0 Å². The zero-order chi connectivity index (χ0) is 27.7. The number of nitrogens with one attached hydrogen (secondary N) is 1. The summed E-state index contributed by atoms with van der Waals surface area (Å²) in [7, 11) is -1.87. The van der Waals surface area contributed by atoms with Gasteiger partial charge >= 0.3 is 6.18 Å². The number of nitrogens with zero attached hydrogens (tertiary/aromatic N) is 4. The first kappa shape index (κ1) is 26.5. The first-order chi connectivity index (χ1) is 18.4. The van der Waals surface area contributed by atoms with Crippen LogP contribution in [0.5, 0.6) is 0 Å². The van der Waals surface area contributed by atoms with Crippen molar-refractivity contribution in [2.45, 2.75) is 42.9 Å². The van der Waals surface area contributed by atoms with Gasteiger partial charge in [0.1, 0.15) is 10.4 Å². The van der Waals surface area contributed by atoms with E-state index in [9.17, 15) is 26.4 Å². The number of halogens is 4. The molecule has 2 aliphatic heterocycles. The largest absolute Gasteiger partial charge is 0.420 e. The van der Waals surface area contributed by atoms with Gasteiger partial charge in [0.25, 0.3) is 5.91 Å². The molecular formula is C25H23ClF3N5O3S2. The molecule has 0 radical (unpaired) electrons. The summed E-state index contributed by atoms with van der Waals surface area (Å²) in [5.41, 5.74) is 0.950. The zero-order valence-corrected chi connectivity index (χ0v) is 23.1. The Labute approximate surface area is 231 Å². The first-order valence-corrected chi connectivity index (χ1v) is 15.1. The molecule has 0 saturated heterocycles. The third-order valence-corrected chi connectivity index (χ3v) is 10.4. The van der Waals surface area contributed by atoms with E-state index in [2.05, 4.69) is 20.2 Å². The van der Waals surface area contributed by atoms with Gasteiger partial charge in [-0.15, -0.1) is 11.3 Å². The molecule has 8 nitrogen and oxygen atoms in total. The zero-order valence-electron chi connectivity index (χ0n) is 20.7. The predicted octanol–water partition coefficient (Wildman–Crippen LogP) is 5.00. The summed E-state index contributed by atoms with van der Waals surface area (Å²) in [5, 5.41) is 3.29. The average molecular weight is 598 g/mol. The standard InChI is InChI=1S/C25H23ClF3N5O3S2/c1-33-5-4-13-9-18(17(26)8-14(13)12-33)31-24-30-11-16(25(27,28)29)21(32-24)19-10-20-22(38-19)23(35)34(15-2-3-15)6-7-39(20,36)37/h8-11,15H,2-7,12H2,1H3,(H,30,31,32). The number of likely N-dealkylation sites (N-methyl/N-ethyl adjacent to an activating group) is 1. The molecule has 6 rings (SSSR count). The second kappa shape index (κ2) is 9.43. The summed E-state index contributed by atoms with van der Waals surface area (Å²) in [5.74, 6) is -0.893. The van der Waals surface area contributed by atoms with E-state index in [1.807, 2.05) is 19.2 Å². The highest BCUT2D eigenvalue weighted by Crippen LogP contribution is 2.43. The minimum absolute atomic E-state index is 0.0356. The van der Waals surface area contributed by atoms with Crippen LogP contribution in [0, 0.1) is 0 Å². The molecule has 14 heteroatoms. The lowest BCUT2D eigenvalue weighted by Gasteiger charge is -2.26. The SMILES string of the molecule is CN1CCc2cc(Nc3ncc(C(F)(F)F)c(-c4cc5c(s4)C(=O)N(C4CC4)CCS5(=O)=O)n3)c(Cl)cc2C1. The van der Waals surface area contributed by atoms with E-state index in [0.717, 1.165) is 49.5 Å². The fourth-order valence-corrected chi connectivity index (χ4v) is 8.09. The van der Waals surface area contributed by atoms with Gasteiger partial charge in [-0.2, -0.15) is 13.2 Å². The van der Waals surface area contributed by atoms with Gasteiger partial charge < -0.3 is 15.1 Å². The molecule has 0 unspecified atom stereocenters. The van der Waals surface area contributed by atoms with Crippen LogP contribution in [-0.2, 0) is 29.0 Å². The van der Waals surface area contributed by atoms with Gasteiger partial charge in [-0.1, -0.05) is 11.6 Å². The number of anilines is 2. The molecule has 1 aromatic carbocycles. The molecule has 3 aliphatic rings. The fourth-order valence-electron chi connectivity index (χ4n) is 4.94. The molecule has 0 bridgehead atoms. The molecule has 1 aliphatic carbocycles. The molecule has 2 aromatic heterocycles. The second-order valence-corrected chi connectivity index (χ2v) is 13.6. The third-order valence-electron chi connectivity index (χ3n) is 7.14. The Balaban J connectivity index is 1.42. The van der Waals surface area contributed by atoms with Crippen molar-refractivity contribution in [1.82, 2.24) is 19.8 Å². The van der Waals surface area contributed by atoms with E-state index in [1.54, 1.807) is 0 Å². The van der Waals surface area contributed by atoms with Gasteiger partial charge in [-0.3, -0.25) is 4.79 Å². The van der Waals surface area contributed by atoms with E-state index in [1.165, 1.54) is 4.90 Å². The molecular weight excluding hydrogens is 575 g/mol. The highest BCUT2D eigenvalue weighted by Gasteiger charge is 2.41. The van der Waals surface area contributed by atoms with E-state index in [-0.39, 0.29) is 38.9 Å². The van der Waals surface area contributed by atoms with Crippen molar-refractivity contribution in [2.24, 2.45) is 0 Å². The molecule has 0 spiro atoms. The van der Waals surface area contributed by atoms with Gasteiger partial charge in [0.2, 0.25) is 5.95 Å². The molecule has 1 N–H and O–H groups in total. The number of sulfone groups is 1.